The molecule has 0 atom stereocenters. The van der Waals surface area contributed by atoms with Gasteiger partial charge in [-0.3, -0.25) is 9.78 Å². The molecule has 0 spiro atoms. The van der Waals surface area contributed by atoms with E-state index in [-0.39, 0.29) is 5.60 Å². The smallest absolute Gasteiger partial charge is 0.210 e. The Hall–Kier alpha value is -1.42. The fraction of sp³-hybridized carbons (Fsp3) is 0.571. The maximum Gasteiger partial charge on any atom is 0.210 e. The molecule has 2 aliphatic rings. The molecule has 3 rings (SSSR count). The minimum Gasteiger partial charge on any atom is -0.370 e. The summed E-state index contributed by atoms with van der Waals surface area (Å²) in [6, 6.07) is 0. The lowest BCUT2D eigenvalue weighted by Gasteiger charge is -2.32. The van der Waals surface area contributed by atoms with Crippen LogP contribution in [0.15, 0.2) is 0 Å². The van der Waals surface area contributed by atoms with Crippen molar-refractivity contribution in [2.24, 2.45) is 0 Å². The number of carbonyl (C=O) groups excluding carboxylic acids is 1. The molecule has 2 aliphatic heterocycles. The first kappa shape index (κ1) is 11.7. The van der Waals surface area contributed by atoms with Gasteiger partial charge in [-0.25, -0.2) is 0 Å². The largest absolute Gasteiger partial charge is 0.370 e. The Labute approximate surface area is 107 Å². The second-order valence-electron chi connectivity index (χ2n) is 5.82. The van der Waals surface area contributed by atoms with Crippen LogP contribution >= 0.6 is 0 Å². The van der Waals surface area contributed by atoms with E-state index in [0.29, 0.717) is 19.7 Å². The van der Waals surface area contributed by atoms with E-state index in [1.165, 1.54) is 16.7 Å². The number of nitrogens with zero attached hydrogens (tertiary/aromatic N) is 2. The standard InChI is InChI=1S/C14H18N2O2/c1-9-10-5-16(8-17)6-13(10)15-12-4-14(2,3)18-7-11(9)12/h8H,4-7H2,1-3H3. The normalized spacial score (nSPS) is 20.5. The number of amides is 1. The van der Waals surface area contributed by atoms with Gasteiger partial charge in [0.25, 0.3) is 0 Å². The topological polar surface area (TPSA) is 42.4 Å². The molecule has 18 heavy (non-hydrogen) atoms. The second-order valence-corrected chi connectivity index (χ2v) is 5.82. The van der Waals surface area contributed by atoms with Crippen molar-refractivity contribution in [3.05, 3.63) is 28.1 Å². The highest BCUT2D eigenvalue weighted by Gasteiger charge is 2.31. The Morgan fingerprint density at radius 1 is 1.28 bits per heavy atom. The summed E-state index contributed by atoms with van der Waals surface area (Å²) in [5, 5.41) is 0. The highest BCUT2D eigenvalue weighted by molar-refractivity contribution is 5.52. The summed E-state index contributed by atoms with van der Waals surface area (Å²) in [4.78, 5) is 17.4. The number of rotatable bonds is 1. The SMILES string of the molecule is Cc1c2c(nc3c1CN(C=O)C3)CC(C)(C)OC2. The molecule has 0 radical (unpaired) electrons. The van der Waals surface area contributed by atoms with Crippen molar-refractivity contribution < 1.29 is 9.53 Å². The predicted molar refractivity (Wildman–Crippen MR) is 66.9 cm³/mol. The predicted octanol–water partition coefficient (Wildman–Crippen LogP) is 1.71. The molecule has 0 saturated heterocycles. The lowest BCUT2D eigenvalue weighted by Crippen LogP contribution is -2.33. The van der Waals surface area contributed by atoms with Gasteiger partial charge in [0, 0.05) is 24.2 Å². The van der Waals surface area contributed by atoms with Crippen LogP contribution in [0.3, 0.4) is 0 Å². The van der Waals surface area contributed by atoms with Gasteiger partial charge in [0.1, 0.15) is 0 Å². The van der Waals surface area contributed by atoms with Crippen molar-refractivity contribution in [1.82, 2.24) is 9.88 Å². The van der Waals surface area contributed by atoms with Crippen molar-refractivity contribution in [3.8, 4) is 0 Å². The van der Waals surface area contributed by atoms with Crippen LogP contribution in [-0.2, 0) is 35.6 Å². The number of hydrogen-bond donors (Lipinski definition) is 0. The number of ether oxygens (including phenoxy) is 1. The molecular weight excluding hydrogens is 228 g/mol. The number of hydrogen-bond acceptors (Lipinski definition) is 3. The summed E-state index contributed by atoms with van der Waals surface area (Å²) in [6.45, 7) is 8.28. The summed E-state index contributed by atoms with van der Waals surface area (Å²) in [5.41, 5.74) is 5.77. The third kappa shape index (κ3) is 1.72. The molecular formula is C14H18N2O2. The van der Waals surface area contributed by atoms with E-state index in [4.69, 9.17) is 9.72 Å². The van der Waals surface area contributed by atoms with Crippen LogP contribution in [-0.4, -0.2) is 21.9 Å². The maximum atomic E-state index is 10.9. The molecule has 4 heteroatoms. The fourth-order valence-corrected chi connectivity index (χ4v) is 2.84. The van der Waals surface area contributed by atoms with Crippen molar-refractivity contribution in [3.63, 3.8) is 0 Å². The van der Waals surface area contributed by atoms with Crippen LogP contribution in [0.1, 0.15) is 41.9 Å². The molecule has 1 aromatic heterocycles. The van der Waals surface area contributed by atoms with Gasteiger partial charge in [-0.2, -0.15) is 0 Å². The van der Waals surface area contributed by atoms with E-state index >= 15 is 0 Å². The van der Waals surface area contributed by atoms with Gasteiger partial charge in [-0.1, -0.05) is 0 Å². The summed E-state index contributed by atoms with van der Waals surface area (Å²) in [5.74, 6) is 0. The van der Waals surface area contributed by atoms with Crippen LogP contribution in [0.4, 0.5) is 0 Å². The van der Waals surface area contributed by atoms with Crippen LogP contribution < -0.4 is 0 Å². The first-order chi connectivity index (χ1) is 8.50. The van der Waals surface area contributed by atoms with Gasteiger partial charge < -0.3 is 9.64 Å². The Bertz CT molecular complexity index is 523. The van der Waals surface area contributed by atoms with Crippen molar-refractivity contribution >= 4 is 6.41 Å². The van der Waals surface area contributed by atoms with Crippen molar-refractivity contribution in [1.29, 1.82) is 0 Å². The molecule has 0 aliphatic carbocycles. The van der Waals surface area contributed by atoms with Crippen LogP contribution in [0.2, 0.25) is 0 Å². The number of pyridine rings is 1. The third-order valence-corrected chi connectivity index (χ3v) is 3.94. The quantitative estimate of drug-likeness (QED) is 0.708. The van der Waals surface area contributed by atoms with Gasteiger partial charge >= 0.3 is 0 Å². The van der Waals surface area contributed by atoms with Crippen molar-refractivity contribution in [2.75, 3.05) is 0 Å². The van der Waals surface area contributed by atoms with Crippen molar-refractivity contribution in [2.45, 2.75) is 52.5 Å². The fourth-order valence-electron chi connectivity index (χ4n) is 2.84. The third-order valence-electron chi connectivity index (χ3n) is 3.94. The number of fused-ring (bicyclic) bond motifs is 2. The molecule has 3 heterocycles. The van der Waals surface area contributed by atoms with Gasteiger partial charge in [-0.05, 0) is 31.9 Å². The lowest BCUT2D eigenvalue weighted by molar-refractivity contribution is -0.118. The Kier molecular flexibility index (Phi) is 2.45. The van der Waals surface area contributed by atoms with E-state index in [1.54, 1.807) is 4.90 Å². The van der Waals surface area contributed by atoms with Gasteiger partial charge in [0.15, 0.2) is 0 Å². The molecule has 1 aromatic rings. The molecule has 0 saturated carbocycles. The Morgan fingerprint density at radius 2 is 2.06 bits per heavy atom. The zero-order valence-electron chi connectivity index (χ0n) is 11.1. The average Bonchev–Trinajstić information content (AvgIpc) is 2.71. The average molecular weight is 246 g/mol. The van der Waals surface area contributed by atoms with Gasteiger partial charge in [0.2, 0.25) is 6.41 Å². The van der Waals surface area contributed by atoms with Crippen LogP contribution in [0.25, 0.3) is 0 Å². The highest BCUT2D eigenvalue weighted by atomic mass is 16.5. The minimum atomic E-state index is -0.135. The van der Waals surface area contributed by atoms with E-state index in [1.807, 2.05) is 0 Å². The Morgan fingerprint density at radius 3 is 2.78 bits per heavy atom. The molecule has 0 N–H and O–H groups in total. The van der Waals surface area contributed by atoms with E-state index in [0.717, 1.165) is 24.2 Å². The van der Waals surface area contributed by atoms with E-state index < -0.39 is 0 Å². The summed E-state index contributed by atoms with van der Waals surface area (Å²) >= 11 is 0. The molecule has 0 unspecified atom stereocenters. The minimum absolute atomic E-state index is 0.135. The zero-order chi connectivity index (χ0) is 12.9. The molecule has 0 aromatic carbocycles. The molecule has 96 valence electrons. The number of carbonyl (C=O) groups is 1. The van der Waals surface area contributed by atoms with Crippen LogP contribution in [0, 0.1) is 6.92 Å². The molecule has 0 fully saturated rings. The first-order valence-electron chi connectivity index (χ1n) is 6.33. The van der Waals surface area contributed by atoms with Crippen LogP contribution in [0.5, 0.6) is 0 Å². The zero-order valence-corrected chi connectivity index (χ0v) is 11.1. The Balaban J connectivity index is 2.06. The maximum absolute atomic E-state index is 10.9. The molecule has 0 bridgehead atoms. The monoisotopic (exact) mass is 246 g/mol. The lowest BCUT2D eigenvalue weighted by atomic mass is 9.91. The van der Waals surface area contributed by atoms with E-state index in [2.05, 4.69) is 20.8 Å². The van der Waals surface area contributed by atoms with Gasteiger partial charge in [-0.15, -0.1) is 0 Å². The highest BCUT2D eigenvalue weighted by Crippen LogP contribution is 2.33. The summed E-state index contributed by atoms with van der Waals surface area (Å²) in [6.07, 6.45) is 1.75. The summed E-state index contributed by atoms with van der Waals surface area (Å²) < 4.78 is 5.86. The number of aromatic nitrogens is 1. The molecule has 1 amide bonds. The first-order valence-corrected chi connectivity index (χ1v) is 6.33. The summed E-state index contributed by atoms with van der Waals surface area (Å²) in [7, 11) is 0. The molecule has 4 nitrogen and oxygen atoms in total. The second kappa shape index (κ2) is 3.79. The van der Waals surface area contributed by atoms with Gasteiger partial charge in [0.05, 0.1) is 24.4 Å². The van der Waals surface area contributed by atoms with E-state index in [9.17, 15) is 4.79 Å².